The van der Waals surface area contributed by atoms with E-state index in [0.717, 1.165) is 41.7 Å². The van der Waals surface area contributed by atoms with Crippen LogP contribution in [-0.2, 0) is 11.3 Å². The number of aliphatic hydroxyl groups is 1. The van der Waals surface area contributed by atoms with Crippen molar-refractivity contribution >= 4 is 11.5 Å². The van der Waals surface area contributed by atoms with Crippen LogP contribution in [-0.4, -0.2) is 28.2 Å². The molecule has 1 fully saturated rings. The zero-order valence-electron chi connectivity index (χ0n) is 18.5. The lowest BCUT2D eigenvalue weighted by atomic mass is 9.86. The SMILES string of the molecule is C[C@H](NC(=O)[C@@H]1[C@@H](CO)[C@@H]2Cn3c(ccc(C4=CCCCC4)c3=O)[C@H]1N2)c1ccccc1. The number of amides is 1. The molecule has 1 aromatic carbocycles. The van der Waals surface area contributed by atoms with Crippen LogP contribution >= 0.6 is 0 Å². The monoisotopic (exact) mass is 433 g/mol. The van der Waals surface area contributed by atoms with Gasteiger partial charge in [-0.2, -0.15) is 0 Å². The third-order valence-electron chi connectivity index (χ3n) is 7.45. The van der Waals surface area contributed by atoms with Gasteiger partial charge in [0.25, 0.3) is 5.56 Å². The molecule has 3 N–H and O–H groups in total. The summed E-state index contributed by atoms with van der Waals surface area (Å²) in [6.45, 7) is 2.36. The van der Waals surface area contributed by atoms with Gasteiger partial charge in [-0.3, -0.25) is 9.59 Å². The van der Waals surface area contributed by atoms with E-state index in [9.17, 15) is 14.7 Å². The minimum Gasteiger partial charge on any atom is -0.396 e. The number of fused-ring (bicyclic) bond motifs is 4. The van der Waals surface area contributed by atoms with Gasteiger partial charge in [-0.25, -0.2) is 0 Å². The molecule has 0 saturated carbocycles. The molecule has 6 heteroatoms. The summed E-state index contributed by atoms with van der Waals surface area (Å²) in [4.78, 5) is 26.8. The maximum absolute atomic E-state index is 13.4. The highest BCUT2D eigenvalue weighted by Gasteiger charge is 2.51. The van der Waals surface area contributed by atoms with Gasteiger partial charge in [-0.1, -0.05) is 36.4 Å². The Morgan fingerprint density at radius 2 is 2.03 bits per heavy atom. The number of aliphatic hydroxyl groups excluding tert-OH is 1. The fourth-order valence-electron chi connectivity index (χ4n) is 5.71. The average Bonchev–Trinajstić information content (AvgIpc) is 3.13. The zero-order valence-corrected chi connectivity index (χ0v) is 18.5. The first-order chi connectivity index (χ1) is 15.6. The van der Waals surface area contributed by atoms with Crippen LogP contribution in [0.15, 0.2) is 53.3 Å². The Balaban J connectivity index is 1.45. The van der Waals surface area contributed by atoms with E-state index in [0.29, 0.717) is 6.54 Å². The van der Waals surface area contributed by atoms with Gasteiger partial charge in [0.2, 0.25) is 5.91 Å². The number of hydrogen-bond acceptors (Lipinski definition) is 4. The molecule has 1 saturated heterocycles. The van der Waals surface area contributed by atoms with Gasteiger partial charge in [0.15, 0.2) is 0 Å². The van der Waals surface area contributed by atoms with Crippen LogP contribution in [0.1, 0.15) is 61.5 Å². The first-order valence-corrected chi connectivity index (χ1v) is 11.7. The second kappa shape index (κ2) is 8.68. The van der Waals surface area contributed by atoms with Crippen LogP contribution in [0.5, 0.6) is 0 Å². The Labute approximate surface area is 188 Å². The lowest BCUT2D eigenvalue weighted by Gasteiger charge is -2.29. The van der Waals surface area contributed by atoms with E-state index in [1.54, 1.807) is 0 Å². The number of nitrogens with one attached hydrogen (secondary N) is 2. The van der Waals surface area contributed by atoms with Crippen molar-refractivity contribution in [2.45, 2.75) is 57.3 Å². The van der Waals surface area contributed by atoms with Gasteiger partial charge in [0, 0.05) is 36.4 Å². The third-order valence-corrected chi connectivity index (χ3v) is 7.45. The largest absolute Gasteiger partial charge is 0.396 e. The van der Waals surface area contributed by atoms with Gasteiger partial charge in [0.1, 0.15) is 0 Å². The standard InChI is InChI=1S/C26H31N3O3/c1-16(17-8-4-2-5-9-17)27-25(31)23-20(15-30)21-14-29-22(24(23)28-21)13-12-19(26(29)32)18-10-6-3-7-11-18/h2,4-5,8-10,12-13,16,20-21,23-24,28,30H,3,6-7,11,14-15H2,1H3,(H,27,31)/t16-,20-,21-,23+,24+/m0/s1. The Morgan fingerprint density at radius 1 is 1.22 bits per heavy atom. The predicted molar refractivity (Wildman–Crippen MR) is 124 cm³/mol. The number of rotatable bonds is 5. The highest BCUT2D eigenvalue weighted by molar-refractivity contribution is 5.81. The number of nitrogens with zero attached hydrogens (tertiary/aromatic N) is 1. The molecule has 2 aliphatic heterocycles. The van der Waals surface area contributed by atoms with Crippen LogP contribution in [0, 0.1) is 11.8 Å². The smallest absolute Gasteiger partial charge is 0.258 e. The molecule has 1 aliphatic carbocycles. The number of hydrogen-bond donors (Lipinski definition) is 3. The summed E-state index contributed by atoms with van der Waals surface area (Å²) in [6, 6.07) is 13.3. The second-order valence-corrected chi connectivity index (χ2v) is 9.33. The molecule has 168 valence electrons. The Morgan fingerprint density at radius 3 is 2.75 bits per heavy atom. The molecule has 3 aliphatic rings. The lowest BCUT2D eigenvalue weighted by molar-refractivity contribution is -0.127. The Kier molecular flexibility index (Phi) is 5.74. The van der Waals surface area contributed by atoms with Crippen molar-refractivity contribution in [1.82, 2.24) is 15.2 Å². The summed E-state index contributed by atoms with van der Waals surface area (Å²) in [5, 5.41) is 16.8. The van der Waals surface area contributed by atoms with E-state index in [-0.39, 0.29) is 42.1 Å². The molecule has 2 bridgehead atoms. The molecule has 1 aromatic heterocycles. The van der Waals surface area contributed by atoms with E-state index in [1.807, 2.05) is 54.0 Å². The first-order valence-electron chi connectivity index (χ1n) is 11.7. The van der Waals surface area contributed by atoms with Gasteiger partial charge in [-0.15, -0.1) is 0 Å². The van der Waals surface area contributed by atoms with Gasteiger partial charge < -0.3 is 20.3 Å². The van der Waals surface area contributed by atoms with E-state index < -0.39 is 5.92 Å². The first kappa shape index (κ1) is 21.2. The quantitative estimate of drug-likeness (QED) is 0.677. The van der Waals surface area contributed by atoms with Crippen LogP contribution in [0.4, 0.5) is 0 Å². The summed E-state index contributed by atoms with van der Waals surface area (Å²) in [5.74, 6) is -0.746. The lowest BCUT2D eigenvalue weighted by Crippen LogP contribution is -2.44. The fourth-order valence-corrected chi connectivity index (χ4v) is 5.71. The number of pyridine rings is 1. The minimum atomic E-state index is -0.427. The molecule has 5 atom stereocenters. The summed E-state index contributed by atoms with van der Waals surface area (Å²) >= 11 is 0. The molecule has 6 nitrogen and oxygen atoms in total. The third kappa shape index (κ3) is 3.61. The molecular weight excluding hydrogens is 402 g/mol. The van der Waals surface area contributed by atoms with E-state index >= 15 is 0 Å². The highest BCUT2D eigenvalue weighted by atomic mass is 16.3. The molecule has 0 radical (unpaired) electrons. The summed E-state index contributed by atoms with van der Waals surface area (Å²) in [7, 11) is 0. The predicted octanol–water partition coefficient (Wildman–Crippen LogP) is 2.93. The van der Waals surface area contributed by atoms with Crippen molar-refractivity contribution in [3.05, 3.63) is 75.7 Å². The summed E-state index contributed by atoms with van der Waals surface area (Å²) in [5.41, 5.74) is 3.84. The molecule has 2 aromatic rings. The molecule has 3 heterocycles. The van der Waals surface area contributed by atoms with E-state index in [2.05, 4.69) is 16.7 Å². The van der Waals surface area contributed by atoms with Crippen molar-refractivity contribution in [1.29, 1.82) is 0 Å². The van der Waals surface area contributed by atoms with Crippen molar-refractivity contribution < 1.29 is 9.90 Å². The van der Waals surface area contributed by atoms with Gasteiger partial charge in [-0.05, 0) is 55.9 Å². The molecular formula is C26H31N3O3. The van der Waals surface area contributed by atoms with Crippen LogP contribution < -0.4 is 16.2 Å². The Hall–Kier alpha value is -2.70. The van der Waals surface area contributed by atoms with E-state index in [1.165, 1.54) is 6.42 Å². The molecule has 32 heavy (non-hydrogen) atoms. The zero-order chi connectivity index (χ0) is 22.2. The molecule has 5 rings (SSSR count). The molecule has 0 unspecified atom stereocenters. The topological polar surface area (TPSA) is 83.4 Å². The van der Waals surface area contributed by atoms with Crippen molar-refractivity contribution in [3.63, 3.8) is 0 Å². The fraction of sp³-hybridized carbons (Fsp3) is 0.462. The Bertz CT molecular complexity index is 1090. The van der Waals surface area contributed by atoms with E-state index in [4.69, 9.17) is 0 Å². The number of carbonyl (C=O) groups is 1. The minimum absolute atomic E-state index is 0.0301. The average molecular weight is 434 g/mol. The van der Waals surface area contributed by atoms with Crippen LogP contribution in [0.2, 0.25) is 0 Å². The van der Waals surface area contributed by atoms with Crippen LogP contribution in [0.3, 0.4) is 0 Å². The normalized spacial score (nSPS) is 27.4. The van der Waals surface area contributed by atoms with Crippen molar-refractivity contribution in [2.75, 3.05) is 6.61 Å². The maximum atomic E-state index is 13.4. The van der Waals surface area contributed by atoms with Crippen molar-refractivity contribution in [3.8, 4) is 0 Å². The number of allylic oxidation sites excluding steroid dienone is 2. The number of carbonyl (C=O) groups excluding carboxylic acids is 1. The van der Waals surface area contributed by atoms with Gasteiger partial charge >= 0.3 is 0 Å². The van der Waals surface area contributed by atoms with Crippen LogP contribution in [0.25, 0.3) is 5.57 Å². The number of benzene rings is 1. The van der Waals surface area contributed by atoms with Crippen molar-refractivity contribution in [2.24, 2.45) is 11.8 Å². The summed E-state index contributed by atoms with van der Waals surface area (Å²) in [6.07, 6.45) is 6.47. The number of aromatic nitrogens is 1. The summed E-state index contributed by atoms with van der Waals surface area (Å²) < 4.78 is 1.84. The van der Waals surface area contributed by atoms with Gasteiger partial charge in [0.05, 0.1) is 18.0 Å². The molecule has 1 amide bonds. The highest BCUT2D eigenvalue weighted by Crippen LogP contribution is 2.41. The molecule has 0 spiro atoms. The maximum Gasteiger partial charge on any atom is 0.258 e. The second-order valence-electron chi connectivity index (χ2n) is 9.33.